The first-order valence-corrected chi connectivity index (χ1v) is 13.6. The zero-order valence-electron chi connectivity index (χ0n) is 23.4. The fourth-order valence-electron chi connectivity index (χ4n) is 4.14. The van der Waals surface area contributed by atoms with Gasteiger partial charge in [-0.2, -0.15) is 0 Å². The normalized spacial score (nSPS) is 10.9. The second-order valence-corrected chi connectivity index (χ2v) is 9.52. The average molecular weight is 581 g/mol. The average Bonchev–Trinajstić information content (AvgIpc) is 3.06. The lowest BCUT2D eigenvalue weighted by molar-refractivity contribution is 0.474. The number of azo groups is 2. The molecule has 6 rings (SSSR count). The number of nitrogens with zero attached hydrogens (tertiary/aromatic N) is 4. The molecule has 8 nitrogen and oxygen atoms in total. The van der Waals surface area contributed by atoms with E-state index in [9.17, 15) is 20.4 Å². The Hall–Kier alpha value is -6.28. The molecule has 44 heavy (non-hydrogen) atoms. The van der Waals surface area contributed by atoms with Gasteiger partial charge in [0.05, 0.1) is 0 Å². The Kier molecular flexibility index (Phi) is 9.34. The van der Waals surface area contributed by atoms with Gasteiger partial charge in [-0.3, -0.25) is 0 Å². The third-order valence-corrected chi connectivity index (χ3v) is 6.46. The second-order valence-electron chi connectivity index (χ2n) is 9.52. The van der Waals surface area contributed by atoms with E-state index >= 15 is 0 Å². The van der Waals surface area contributed by atoms with Gasteiger partial charge in [0.2, 0.25) is 0 Å². The van der Waals surface area contributed by atoms with Gasteiger partial charge in [-0.25, -0.2) is 0 Å². The van der Waals surface area contributed by atoms with E-state index in [0.29, 0.717) is 22.7 Å². The summed E-state index contributed by atoms with van der Waals surface area (Å²) in [5, 5.41) is 55.2. The highest BCUT2D eigenvalue weighted by molar-refractivity contribution is 5.71. The van der Waals surface area contributed by atoms with Crippen LogP contribution in [0.1, 0.15) is 0 Å². The molecule has 8 heteroatoms. The third-order valence-electron chi connectivity index (χ3n) is 6.46. The molecule has 6 aromatic rings. The molecular weight excluding hydrogens is 552 g/mol. The Morgan fingerprint density at radius 3 is 0.977 bits per heavy atom. The number of aromatic hydroxyl groups is 4. The number of para-hydroxylation sites is 2. The van der Waals surface area contributed by atoms with Crippen LogP contribution in [0, 0.1) is 0 Å². The highest BCUT2D eigenvalue weighted by Gasteiger charge is 2.06. The van der Waals surface area contributed by atoms with Gasteiger partial charge in [0, 0.05) is 0 Å². The van der Waals surface area contributed by atoms with Gasteiger partial charge in [0.1, 0.15) is 45.7 Å². The monoisotopic (exact) mass is 580 g/mol. The molecule has 216 valence electrons. The van der Waals surface area contributed by atoms with E-state index < -0.39 is 0 Å². The highest BCUT2D eigenvalue weighted by Crippen LogP contribution is 2.36. The summed E-state index contributed by atoms with van der Waals surface area (Å²) < 4.78 is 0. The van der Waals surface area contributed by atoms with E-state index in [0.717, 1.165) is 22.3 Å². The first-order chi connectivity index (χ1) is 21.5. The molecular formula is C36H28N4O4. The van der Waals surface area contributed by atoms with Gasteiger partial charge >= 0.3 is 0 Å². The van der Waals surface area contributed by atoms with E-state index in [-0.39, 0.29) is 23.0 Å². The van der Waals surface area contributed by atoms with Gasteiger partial charge in [0.15, 0.2) is 0 Å². The summed E-state index contributed by atoms with van der Waals surface area (Å²) in [4.78, 5) is 0. The van der Waals surface area contributed by atoms with Gasteiger partial charge < -0.3 is 20.4 Å². The molecule has 0 fully saturated rings. The fourth-order valence-corrected chi connectivity index (χ4v) is 4.14. The molecule has 0 aliphatic rings. The van der Waals surface area contributed by atoms with E-state index in [4.69, 9.17) is 0 Å². The summed E-state index contributed by atoms with van der Waals surface area (Å²) in [6.45, 7) is 0. The minimum absolute atomic E-state index is 0.0406. The number of benzene rings is 6. The van der Waals surface area contributed by atoms with Gasteiger partial charge in [-0.15, -0.1) is 20.5 Å². The first-order valence-electron chi connectivity index (χ1n) is 13.6. The molecule has 0 heterocycles. The predicted molar refractivity (Wildman–Crippen MR) is 172 cm³/mol. The van der Waals surface area contributed by atoms with Crippen LogP contribution in [-0.2, 0) is 0 Å². The van der Waals surface area contributed by atoms with E-state index in [1.165, 1.54) is 12.1 Å². The van der Waals surface area contributed by atoms with Crippen LogP contribution in [0.15, 0.2) is 166 Å². The smallest absolute Gasteiger partial charge is 0.143 e. The van der Waals surface area contributed by atoms with E-state index in [2.05, 4.69) is 20.5 Å². The molecule has 0 aliphatic heterocycles. The minimum Gasteiger partial charge on any atom is -0.506 e. The molecule has 0 radical (unpaired) electrons. The molecule has 0 aliphatic carbocycles. The number of hydrogen-bond donors (Lipinski definition) is 4. The van der Waals surface area contributed by atoms with Crippen molar-refractivity contribution in [1.29, 1.82) is 0 Å². The largest absolute Gasteiger partial charge is 0.506 e. The summed E-state index contributed by atoms with van der Waals surface area (Å²) in [5.74, 6) is 0.174. The van der Waals surface area contributed by atoms with Crippen LogP contribution >= 0.6 is 0 Å². The van der Waals surface area contributed by atoms with Crippen LogP contribution in [0.5, 0.6) is 23.0 Å². The maximum atomic E-state index is 9.91. The van der Waals surface area contributed by atoms with Crippen molar-refractivity contribution in [3.63, 3.8) is 0 Å². The summed E-state index contributed by atoms with van der Waals surface area (Å²) in [5.41, 5.74) is 5.34. The molecule has 0 aromatic heterocycles. The van der Waals surface area contributed by atoms with Crippen molar-refractivity contribution >= 4 is 22.7 Å². The molecule has 6 aromatic carbocycles. The van der Waals surface area contributed by atoms with Crippen molar-refractivity contribution in [2.45, 2.75) is 0 Å². The van der Waals surface area contributed by atoms with E-state index in [1.807, 2.05) is 72.8 Å². The Morgan fingerprint density at radius 2 is 0.591 bits per heavy atom. The van der Waals surface area contributed by atoms with Crippen molar-refractivity contribution in [3.05, 3.63) is 146 Å². The molecule has 0 atom stereocenters. The van der Waals surface area contributed by atoms with Crippen LogP contribution in [0.4, 0.5) is 22.7 Å². The Labute approximate surface area is 254 Å². The van der Waals surface area contributed by atoms with Crippen molar-refractivity contribution < 1.29 is 20.4 Å². The van der Waals surface area contributed by atoms with Crippen molar-refractivity contribution in [1.82, 2.24) is 0 Å². The molecule has 0 saturated heterocycles. The molecule has 0 unspecified atom stereocenters. The predicted octanol–water partition coefficient (Wildman–Crippen LogP) is 10.4. The highest BCUT2D eigenvalue weighted by atomic mass is 16.3. The summed E-state index contributed by atoms with van der Waals surface area (Å²) in [6, 6.07) is 43.3. The summed E-state index contributed by atoms with van der Waals surface area (Å²) >= 11 is 0. The van der Waals surface area contributed by atoms with Crippen LogP contribution < -0.4 is 0 Å². The Bertz CT molecular complexity index is 1770. The minimum atomic E-state index is 0.0406. The molecule has 0 saturated carbocycles. The van der Waals surface area contributed by atoms with Crippen LogP contribution in [0.3, 0.4) is 0 Å². The maximum Gasteiger partial charge on any atom is 0.143 e. The molecule has 0 bridgehead atoms. The first kappa shape index (κ1) is 29.2. The molecule has 4 N–H and O–H groups in total. The summed E-state index contributed by atoms with van der Waals surface area (Å²) in [7, 11) is 0. The standard InChI is InChI=1S/2C18H14N2O2/c2*21-17-9-5-4-8-15(17)19-20-16-12-14(10-11-18(16)22)13-6-2-1-3-7-13/h2*1-12,21-22H. The number of rotatable bonds is 6. The van der Waals surface area contributed by atoms with E-state index in [1.54, 1.807) is 60.7 Å². The third kappa shape index (κ3) is 7.51. The topological polar surface area (TPSA) is 130 Å². The SMILES string of the molecule is Oc1ccccc1N=Nc1cc(-c2ccccc2)ccc1O.Oc1ccccc1N=Nc1cc(-c2ccccc2)ccc1O. The van der Waals surface area contributed by atoms with Crippen LogP contribution in [0.25, 0.3) is 22.3 Å². The van der Waals surface area contributed by atoms with Crippen LogP contribution in [-0.4, -0.2) is 20.4 Å². The number of hydrogen-bond acceptors (Lipinski definition) is 8. The van der Waals surface area contributed by atoms with Gasteiger partial charge in [-0.05, 0) is 70.8 Å². The molecule has 0 amide bonds. The molecule has 0 spiro atoms. The summed E-state index contributed by atoms with van der Waals surface area (Å²) in [6.07, 6.45) is 0. The fraction of sp³-hybridized carbons (Fsp3) is 0. The van der Waals surface area contributed by atoms with Gasteiger partial charge in [-0.1, -0.05) is 97.1 Å². The maximum absolute atomic E-state index is 9.91. The number of phenolic OH excluding ortho intramolecular Hbond substituents is 4. The zero-order valence-corrected chi connectivity index (χ0v) is 23.4. The van der Waals surface area contributed by atoms with Gasteiger partial charge in [0.25, 0.3) is 0 Å². The van der Waals surface area contributed by atoms with Crippen molar-refractivity contribution in [2.24, 2.45) is 20.5 Å². The zero-order chi connectivity index (χ0) is 30.7. The Balaban J connectivity index is 0.000000175. The second kappa shape index (κ2) is 14.1. The lowest BCUT2D eigenvalue weighted by Gasteiger charge is -2.04. The van der Waals surface area contributed by atoms with Crippen molar-refractivity contribution in [2.75, 3.05) is 0 Å². The lowest BCUT2D eigenvalue weighted by atomic mass is 10.1. The van der Waals surface area contributed by atoms with Crippen molar-refractivity contribution in [3.8, 4) is 45.3 Å². The lowest BCUT2D eigenvalue weighted by Crippen LogP contribution is -1.77. The quantitative estimate of drug-likeness (QED) is 0.146. The van der Waals surface area contributed by atoms with Crippen LogP contribution in [0.2, 0.25) is 0 Å². The number of phenols is 4. The Morgan fingerprint density at radius 1 is 0.273 bits per heavy atom.